The van der Waals surface area contributed by atoms with E-state index in [4.69, 9.17) is 4.99 Å². The van der Waals surface area contributed by atoms with Gasteiger partial charge < -0.3 is 4.90 Å². The number of aryl methyl sites for hydroxylation is 1. The Morgan fingerprint density at radius 3 is 2.77 bits per heavy atom. The van der Waals surface area contributed by atoms with Gasteiger partial charge in [0.15, 0.2) is 0 Å². The van der Waals surface area contributed by atoms with Gasteiger partial charge in [-0.3, -0.25) is 19.7 Å². The van der Waals surface area contributed by atoms with Crippen LogP contribution in [0.3, 0.4) is 0 Å². The number of amides is 1. The van der Waals surface area contributed by atoms with Gasteiger partial charge in [-0.1, -0.05) is 6.07 Å². The number of nitrogens with zero attached hydrogens (tertiary/aromatic N) is 4. The molecule has 1 aromatic heterocycles. The molecule has 5 nitrogen and oxygen atoms in total. The van der Waals surface area contributed by atoms with Gasteiger partial charge >= 0.3 is 0 Å². The predicted octanol–water partition coefficient (Wildman–Crippen LogP) is 4.30. The number of aromatic nitrogens is 1. The van der Waals surface area contributed by atoms with E-state index in [0.29, 0.717) is 18.9 Å². The summed E-state index contributed by atoms with van der Waals surface area (Å²) >= 11 is 0. The van der Waals surface area contributed by atoms with Crippen LogP contribution in [0.25, 0.3) is 0 Å². The van der Waals surface area contributed by atoms with Crippen molar-refractivity contribution >= 4 is 11.6 Å². The van der Waals surface area contributed by atoms with E-state index >= 15 is 0 Å². The molecule has 7 heteroatoms. The zero-order valence-corrected chi connectivity index (χ0v) is 20.0. The lowest BCUT2D eigenvalue weighted by atomic mass is 9.92. The average Bonchev–Trinajstić information content (AvgIpc) is 3.55. The first-order valence-corrected chi connectivity index (χ1v) is 12.6. The quantitative estimate of drug-likeness (QED) is 0.647. The molecule has 35 heavy (non-hydrogen) atoms. The van der Waals surface area contributed by atoms with Crippen LogP contribution in [0.2, 0.25) is 0 Å². The highest BCUT2D eigenvalue weighted by Gasteiger charge is 2.46. The summed E-state index contributed by atoms with van der Waals surface area (Å²) < 4.78 is 28.5. The number of hydrogen-bond donors (Lipinski definition) is 0. The molecule has 1 aromatic carbocycles. The second-order valence-electron chi connectivity index (χ2n) is 10.5. The highest BCUT2D eigenvalue weighted by molar-refractivity contribution is 6.15. The number of carbonyl (C=O) groups excluding carboxylic acids is 1. The van der Waals surface area contributed by atoms with Gasteiger partial charge in [0.25, 0.3) is 0 Å². The lowest BCUT2D eigenvalue weighted by Crippen LogP contribution is -2.43. The van der Waals surface area contributed by atoms with Crippen LogP contribution >= 0.6 is 0 Å². The van der Waals surface area contributed by atoms with Gasteiger partial charge in [0.1, 0.15) is 11.6 Å². The Morgan fingerprint density at radius 1 is 1.17 bits per heavy atom. The number of benzene rings is 1. The highest BCUT2D eigenvalue weighted by atomic mass is 19.1. The molecule has 0 spiro atoms. The summed E-state index contributed by atoms with van der Waals surface area (Å²) in [7, 11) is 0. The van der Waals surface area contributed by atoms with Crippen LogP contribution in [-0.4, -0.2) is 58.6 Å². The van der Waals surface area contributed by atoms with Crippen molar-refractivity contribution in [1.82, 2.24) is 14.8 Å². The lowest BCUT2D eigenvalue weighted by Gasteiger charge is -2.35. The molecule has 3 atom stereocenters. The van der Waals surface area contributed by atoms with Gasteiger partial charge in [-0.2, -0.15) is 0 Å². The molecule has 6 rings (SSSR count). The number of halogens is 2. The zero-order valence-electron chi connectivity index (χ0n) is 20.0. The number of fused-ring (bicyclic) bond motifs is 2. The Morgan fingerprint density at radius 2 is 2.00 bits per heavy atom. The second-order valence-corrected chi connectivity index (χ2v) is 10.5. The van der Waals surface area contributed by atoms with Crippen molar-refractivity contribution in [3.63, 3.8) is 0 Å². The van der Waals surface area contributed by atoms with E-state index < -0.39 is 11.6 Å². The first-order chi connectivity index (χ1) is 17.0. The van der Waals surface area contributed by atoms with E-state index in [1.807, 2.05) is 24.1 Å². The fourth-order valence-corrected chi connectivity index (χ4v) is 6.58. The van der Waals surface area contributed by atoms with Crippen LogP contribution in [0.5, 0.6) is 0 Å². The minimum Gasteiger partial charge on any atom is -0.338 e. The Labute approximate surface area is 204 Å². The number of piperidine rings is 1. The van der Waals surface area contributed by atoms with Gasteiger partial charge in [0.05, 0.1) is 12.3 Å². The maximum Gasteiger partial charge on any atom is 0.223 e. The Hall–Kier alpha value is -2.93. The number of carbonyl (C=O) groups is 1. The standard InChI is InChI=1S/C28H30F2N4O/c1-17-9-19(5-7-31-17)28-22-15-33(8-6-20(22)13-32-28)27(35)12-21-10-18-11-26(21)34(14-18)16-23-24(29)3-2-4-25(23)30/h2-5,7,9,18,21,26H,6,8,10-16H2,1H3. The van der Waals surface area contributed by atoms with E-state index in [-0.39, 0.29) is 30.0 Å². The molecular formula is C28H30F2N4O. The molecule has 4 heterocycles. The van der Waals surface area contributed by atoms with Crippen molar-refractivity contribution in [2.75, 3.05) is 26.2 Å². The third-order valence-electron chi connectivity index (χ3n) is 8.27. The summed E-state index contributed by atoms with van der Waals surface area (Å²) in [6.45, 7) is 5.18. The third kappa shape index (κ3) is 4.20. The molecule has 2 aromatic rings. The maximum absolute atomic E-state index is 14.2. The third-order valence-corrected chi connectivity index (χ3v) is 8.27. The number of pyridine rings is 1. The van der Waals surface area contributed by atoms with Crippen molar-refractivity contribution in [1.29, 1.82) is 0 Å². The van der Waals surface area contributed by atoms with Gasteiger partial charge in [-0.25, -0.2) is 8.78 Å². The predicted molar refractivity (Wildman–Crippen MR) is 130 cm³/mol. The van der Waals surface area contributed by atoms with Crippen LogP contribution in [0.1, 0.15) is 42.5 Å². The average molecular weight is 477 g/mol. The minimum absolute atomic E-state index is 0.139. The summed E-state index contributed by atoms with van der Waals surface area (Å²) in [6.07, 6.45) is 5.22. The lowest BCUT2D eigenvalue weighted by molar-refractivity contribution is -0.132. The summed E-state index contributed by atoms with van der Waals surface area (Å²) in [4.78, 5) is 26.7. The monoisotopic (exact) mass is 476 g/mol. The minimum atomic E-state index is -0.490. The van der Waals surface area contributed by atoms with Crippen LogP contribution in [0.15, 0.2) is 52.7 Å². The first kappa shape index (κ1) is 22.5. The molecule has 182 valence electrons. The van der Waals surface area contributed by atoms with Gasteiger partial charge in [0.2, 0.25) is 5.91 Å². The van der Waals surface area contributed by atoms with Gasteiger partial charge in [-0.15, -0.1) is 0 Å². The van der Waals surface area contributed by atoms with Crippen molar-refractivity contribution in [3.05, 3.63) is 76.1 Å². The van der Waals surface area contributed by atoms with Gasteiger partial charge in [-0.05, 0) is 73.4 Å². The topological polar surface area (TPSA) is 48.8 Å². The van der Waals surface area contributed by atoms with Crippen molar-refractivity contribution in [2.24, 2.45) is 16.8 Å². The number of likely N-dealkylation sites (tertiary alicyclic amines) is 1. The van der Waals surface area contributed by atoms with Crippen LogP contribution < -0.4 is 0 Å². The van der Waals surface area contributed by atoms with Crippen molar-refractivity contribution < 1.29 is 13.6 Å². The van der Waals surface area contributed by atoms with Gasteiger partial charge in [0, 0.05) is 61.7 Å². The Kier molecular flexibility index (Phi) is 5.75. The first-order valence-electron chi connectivity index (χ1n) is 12.6. The summed E-state index contributed by atoms with van der Waals surface area (Å²) in [5.74, 6) is -0.0476. The molecule has 3 aliphatic heterocycles. The van der Waals surface area contributed by atoms with E-state index in [1.165, 1.54) is 29.3 Å². The molecule has 0 N–H and O–H groups in total. The molecule has 1 saturated carbocycles. The molecule has 1 saturated heterocycles. The van der Waals surface area contributed by atoms with Crippen LogP contribution in [0, 0.1) is 30.4 Å². The number of rotatable bonds is 5. The van der Waals surface area contributed by atoms with E-state index in [1.54, 1.807) is 0 Å². The number of hydrogen-bond acceptors (Lipinski definition) is 4. The molecule has 2 bridgehead atoms. The summed E-state index contributed by atoms with van der Waals surface area (Å²) in [5.41, 5.74) is 5.71. The molecule has 0 radical (unpaired) electrons. The van der Waals surface area contributed by atoms with E-state index in [2.05, 4.69) is 16.0 Å². The molecule has 1 amide bonds. The normalized spacial score (nSPS) is 25.9. The highest BCUT2D eigenvalue weighted by Crippen LogP contribution is 2.44. The van der Waals surface area contributed by atoms with Crippen LogP contribution in [0.4, 0.5) is 8.78 Å². The Balaban J connectivity index is 1.12. The molecule has 4 aliphatic rings. The second kappa shape index (κ2) is 8.94. The van der Waals surface area contributed by atoms with Crippen LogP contribution in [-0.2, 0) is 11.3 Å². The van der Waals surface area contributed by atoms with E-state index in [9.17, 15) is 13.6 Å². The SMILES string of the molecule is Cc1cc(C2=NCC3=C2CN(C(=O)CC2CC4CC2N(Cc2c(F)cccc2F)C4)CC3)ccn1. The fourth-order valence-electron chi connectivity index (χ4n) is 6.58. The molecule has 1 aliphatic carbocycles. The fraction of sp³-hybridized carbons (Fsp3) is 0.464. The van der Waals surface area contributed by atoms with Crippen molar-refractivity contribution in [3.8, 4) is 0 Å². The summed E-state index contributed by atoms with van der Waals surface area (Å²) in [6, 6.07) is 8.30. The largest absolute Gasteiger partial charge is 0.338 e. The molecule has 2 fully saturated rings. The van der Waals surface area contributed by atoms with E-state index in [0.717, 1.165) is 55.9 Å². The smallest absolute Gasteiger partial charge is 0.223 e. The molecule has 3 unspecified atom stereocenters. The number of aliphatic imine (C=N–C) groups is 1. The maximum atomic E-state index is 14.2. The zero-order chi connectivity index (χ0) is 24.1. The molecular weight excluding hydrogens is 446 g/mol. The summed E-state index contributed by atoms with van der Waals surface area (Å²) in [5, 5.41) is 0. The van der Waals surface area contributed by atoms with Crippen molar-refractivity contribution in [2.45, 2.75) is 45.2 Å². The Bertz CT molecular complexity index is 1220.